The normalized spacial score (nSPS) is 10.8. The minimum atomic E-state index is -0.236. The standard InChI is InChI=1S/C14H19FN4/c1-4-19(12-7-5-11(15)6-8-12)14-13(9-16)10(2)17-18(14)3/h5-8H,4,9,16H2,1-3H3. The third-order valence-corrected chi connectivity index (χ3v) is 3.23. The van der Waals surface area contributed by atoms with E-state index in [0.717, 1.165) is 29.3 Å². The van der Waals surface area contributed by atoms with E-state index in [1.165, 1.54) is 12.1 Å². The molecule has 0 unspecified atom stereocenters. The van der Waals surface area contributed by atoms with Gasteiger partial charge in [0, 0.05) is 31.4 Å². The maximum Gasteiger partial charge on any atom is 0.135 e. The number of anilines is 2. The molecule has 0 atom stereocenters. The first-order valence-corrected chi connectivity index (χ1v) is 6.34. The maximum atomic E-state index is 13.0. The molecular formula is C14H19FN4. The van der Waals surface area contributed by atoms with Crippen molar-refractivity contribution >= 4 is 11.5 Å². The molecule has 0 saturated carbocycles. The molecule has 1 aromatic heterocycles. The van der Waals surface area contributed by atoms with Gasteiger partial charge in [-0.1, -0.05) is 0 Å². The lowest BCUT2D eigenvalue weighted by atomic mass is 10.2. The summed E-state index contributed by atoms with van der Waals surface area (Å²) in [6.07, 6.45) is 0. The molecule has 2 N–H and O–H groups in total. The van der Waals surface area contributed by atoms with Gasteiger partial charge in [0.1, 0.15) is 11.6 Å². The quantitative estimate of drug-likeness (QED) is 0.920. The lowest BCUT2D eigenvalue weighted by Gasteiger charge is -2.24. The number of hydrogen-bond donors (Lipinski definition) is 1. The van der Waals surface area contributed by atoms with E-state index in [9.17, 15) is 4.39 Å². The van der Waals surface area contributed by atoms with E-state index in [1.807, 2.05) is 25.6 Å². The smallest absolute Gasteiger partial charge is 0.135 e. The Morgan fingerprint density at radius 3 is 2.47 bits per heavy atom. The van der Waals surface area contributed by atoms with Crippen LogP contribution in [-0.2, 0) is 13.6 Å². The largest absolute Gasteiger partial charge is 0.327 e. The number of aromatic nitrogens is 2. The van der Waals surface area contributed by atoms with Crippen molar-refractivity contribution in [1.29, 1.82) is 0 Å². The first-order valence-electron chi connectivity index (χ1n) is 6.34. The lowest BCUT2D eigenvalue weighted by molar-refractivity contribution is 0.627. The van der Waals surface area contributed by atoms with E-state index in [-0.39, 0.29) is 5.82 Å². The summed E-state index contributed by atoms with van der Waals surface area (Å²) < 4.78 is 14.9. The Balaban J connectivity index is 2.50. The second kappa shape index (κ2) is 5.40. The van der Waals surface area contributed by atoms with Crippen molar-refractivity contribution in [2.45, 2.75) is 20.4 Å². The van der Waals surface area contributed by atoms with Crippen molar-refractivity contribution in [3.05, 3.63) is 41.3 Å². The fourth-order valence-electron chi connectivity index (χ4n) is 2.34. The van der Waals surface area contributed by atoms with E-state index in [0.29, 0.717) is 6.54 Å². The SMILES string of the molecule is CCN(c1ccc(F)cc1)c1c(CN)c(C)nn1C. The van der Waals surface area contributed by atoms with E-state index in [4.69, 9.17) is 5.73 Å². The predicted octanol–water partition coefficient (Wildman–Crippen LogP) is 2.48. The molecule has 0 radical (unpaired) electrons. The van der Waals surface area contributed by atoms with Crippen molar-refractivity contribution in [1.82, 2.24) is 9.78 Å². The summed E-state index contributed by atoms with van der Waals surface area (Å²) in [5.74, 6) is 0.731. The van der Waals surface area contributed by atoms with Crippen LogP contribution in [0.1, 0.15) is 18.2 Å². The molecule has 0 aliphatic heterocycles. The Bertz CT molecular complexity index is 560. The third kappa shape index (κ3) is 2.46. The molecule has 102 valence electrons. The Hall–Kier alpha value is -1.88. The molecule has 0 spiro atoms. The Labute approximate surface area is 112 Å². The Kier molecular flexibility index (Phi) is 3.85. The van der Waals surface area contributed by atoms with Gasteiger partial charge in [-0.3, -0.25) is 4.68 Å². The van der Waals surface area contributed by atoms with E-state index < -0.39 is 0 Å². The average molecular weight is 262 g/mol. The Morgan fingerprint density at radius 2 is 1.95 bits per heavy atom. The van der Waals surface area contributed by atoms with Crippen molar-refractivity contribution in [2.24, 2.45) is 12.8 Å². The summed E-state index contributed by atoms with van der Waals surface area (Å²) in [5.41, 5.74) is 8.70. The minimum absolute atomic E-state index is 0.236. The highest BCUT2D eigenvalue weighted by molar-refractivity contribution is 5.64. The second-order valence-corrected chi connectivity index (χ2v) is 4.44. The first kappa shape index (κ1) is 13.5. The lowest BCUT2D eigenvalue weighted by Crippen LogP contribution is -2.21. The van der Waals surface area contributed by atoms with Gasteiger partial charge in [0.2, 0.25) is 0 Å². The molecule has 4 nitrogen and oxygen atoms in total. The van der Waals surface area contributed by atoms with Gasteiger partial charge < -0.3 is 10.6 Å². The second-order valence-electron chi connectivity index (χ2n) is 4.44. The molecule has 0 bridgehead atoms. The molecule has 2 rings (SSSR count). The average Bonchev–Trinajstić information content (AvgIpc) is 2.67. The van der Waals surface area contributed by atoms with Gasteiger partial charge >= 0.3 is 0 Å². The number of halogens is 1. The monoisotopic (exact) mass is 262 g/mol. The van der Waals surface area contributed by atoms with Crippen LogP contribution in [0.15, 0.2) is 24.3 Å². The van der Waals surface area contributed by atoms with Crippen LogP contribution in [0.2, 0.25) is 0 Å². The summed E-state index contributed by atoms with van der Waals surface area (Å²) in [4.78, 5) is 2.08. The zero-order valence-electron chi connectivity index (χ0n) is 11.5. The van der Waals surface area contributed by atoms with Crippen molar-refractivity contribution < 1.29 is 4.39 Å². The van der Waals surface area contributed by atoms with Crippen molar-refractivity contribution in [2.75, 3.05) is 11.4 Å². The van der Waals surface area contributed by atoms with Gasteiger partial charge in [-0.2, -0.15) is 5.10 Å². The van der Waals surface area contributed by atoms with E-state index in [2.05, 4.69) is 10.00 Å². The van der Waals surface area contributed by atoms with Gasteiger partial charge in [0.05, 0.1) is 5.69 Å². The summed E-state index contributed by atoms with van der Waals surface area (Å²) in [7, 11) is 1.90. The number of nitrogens with zero attached hydrogens (tertiary/aromatic N) is 3. The van der Waals surface area contributed by atoms with E-state index >= 15 is 0 Å². The molecule has 1 aromatic carbocycles. The number of hydrogen-bond acceptors (Lipinski definition) is 3. The molecule has 0 fully saturated rings. The number of rotatable bonds is 4. The topological polar surface area (TPSA) is 47.1 Å². The van der Waals surface area contributed by atoms with Crippen LogP contribution in [0.25, 0.3) is 0 Å². The summed E-state index contributed by atoms with van der Waals surface area (Å²) in [6, 6.07) is 6.45. The van der Waals surface area contributed by atoms with Gasteiger partial charge in [-0.15, -0.1) is 0 Å². The van der Waals surface area contributed by atoms with Crippen LogP contribution in [0, 0.1) is 12.7 Å². The molecular weight excluding hydrogens is 243 g/mol. The third-order valence-electron chi connectivity index (χ3n) is 3.23. The van der Waals surface area contributed by atoms with Crippen LogP contribution in [0.3, 0.4) is 0 Å². The van der Waals surface area contributed by atoms with Crippen molar-refractivity contribution in [3.63, 3.8) is 0 Å². The molecule has 19 heavy (non-hydrogen) atoms. The van der Waals surface area contributed by atoms with Crippen LogP contribution < -0.4 is 10.6 Å². The molecule has 0 aliphatic carbocycles. The summed E-state index contributed by atoms with van der Waals surface area (Å²) in [6.45, 7) is 5.19. The minimum Gasteiger partial charge on any atom is -0.327 e. The molecule has 2 aromatic rings. The fourth-order valence-corrected chi connectivity index (χ4v) is 2.34. The highest BCUT2D eigenvalue weighted by Gasteiger charge is 2.18. The predicted molar refractivity (Wildman–Crippen MR) is 74.9 cm³/mol. The van der Waals surface area contributed by atoms with Crippen LogP contribution >= 0.6 is 0 Å². The molecule has 5 heteroatoms. The molecule has 0 amide bonds. The number of benzene rings is 1. The fraction of sp³-hybridized carbons (Fsp3) is 0.357. The summed E-state index contributed by atoms with van der Waals surface area (Å²) in [5, 5.41) is 4.41. The van der Waals surface area contributed by atoms with Gasteiger partial charge in [-0.05, 0) is 38.1 Å². The van der Waals surface area contributed by atoms with Crippen LogP contribution in [0.4, 0.5) is 15.9 Å². The van der Waals surface area contributed by atoms with Crippen molar-refractivity contribution in [3.8, 4) is 0 Å². The van der Waals surface area contributed by atoms with E-state index in [1.54, 1.807) is 12.1 Å². The Morgan fingerprint density at radius 1 is 1.32 bits per heavy atom. The van der Waals surface area contributed by atoms with Crippen LogP contribution in [-0.4, -0.2) is 16.3 Å². The zero-order valence-corrected chi connectivity index (χ0v) is 11.5. The maximum absolute atomic E-state index is 13.0. The number of nitrogens with two attached hydrogens (primary N) is 1. The molecule has 0 saturated heterocycles. The summed E-state index contributed by atoms with van der Waals surface area (Å²) >= 11 is 0. The van der Waals surface area contributed by atoms with Gasteiger partial charge in [-0.25, -0.2) is 4.39 Å². The highest BCUT2D eigenvalue weighted by atomic mass is 19.1. The number of aryl methyl sites for hydroxylation is 2. The van der Waals surface area contributed by atoms with Gasteiger partial charge in [0.15, 0.2) is 0 Å². The molecule has 1 heterocycles. The molecule has 0 aliphatic rings. The van der Waals surface area contributed by atoms with Crippen LogP contribution in [0.5, 0.6) is 0 Å². The highest BCUT2D eigenvalue weighted by Crippen LogP contribution is 2.29. The first-order chi connectivity index (χ1) is 9.08. The zero-order chi connectivity index (χ0) is 14.0. The van der Waals surface area contributed by atoms with Gasteiger partial charge in [0.25, 0.3) is 0 Å².